The van der Waals surface area contributed by atoms with Gasteiger partial charge in [-0.1, -0.05) is 32.4 Å². The molecule has 0 fully saturated rings. The molecule has 0 aromatic carbocycles. The molecule has 80 valence electrons. The fourth-order valence-corrected chi connectivity index (χ4v) is 2.00. The van der Waals surface area contributed by atoms with E-state index in [1.165, 1.54) is 0 Å². The van der Waals surface area contributed by atoms with Crippen LogP contribution < -0.4 is 0 Å². The third kappa shape index (κ3) is 1.61. The predicted molar refractivity (Wildman–Crippen MR) is 61.5 cm³/mol. The Hall–Kier alpha value is -1.09. The second kappa shape index (κ2) is 3.81. The number of aryl methyl sites for hydroxylation is 1. The molecule has 0 unspecified atom stereocenters. The molecule has 2 aromatic rings. The lowest BCUT2D eigenvalue weighted by atomic mass is 10.2. The summed E-state index contributed by atoms with van der Waals surface area (Å²) in [4.78, 5) is 8.70. The average molecular weight is 224 g/mol. The van der Waals surface area contributed by atoms with Crippen molar-refractivity contribution in [3.63, 3.8) is 0 Å². The van der Waals surface area contributed by atoms with Gasteiger partial charge in [0.2, 0.25) is 0 Å². The molecule has 0 N–H and O–H groups in total. The summed E-state index contributed by atoms with van der Waals surface area (Å²) < 4.78 is 2.04. The first-order valence-electron chi connectivity index (χ1n) is 5.16. The van der Waals surface area contributed by atoms with Gasteiger partial charge in [-0.15, -0.1) is 0 Å². The number of hydrogen-bond acceptors (Lipinski definition) is 2. The summed E-state index contributed by atoms with van der Waals surface area (Å²) in [5.41, 5.74) is 1.97. The van der Waals surface area contributed by atoms with Gasteiger partial charge in [0.1, 0.15) is 11.3 Å². The van der Waals surface area contributed by atoms with Crippen LogP contribution in [0.2, 0.25) is 5.15 Å². The van der Waals surface area contributed by atoms with Crippen molar-refractivity contribution in [2.45, 2.75) is 33.1 Å². The lowest BCUT2D eigenvalue weighted by Crippen LogP contribution is -1.96. The molecule has 4 heteroatoms. The first kappa shape index (κ1) is 10.4. The fourth-order valence-electron chi connectivity index (χ4n) is 1.75. The van der Waals surface area contributed by atoms with Gasteiger partial charge in [-0.05, 0) is 6.42 Å². The SMILES string of the molecule is CCc1nc(C(C)C)n2ccnc(Cl)c12. The number of imidazole rings is 1. The lowest BCUT2D eigenvalue weighted by Gasteiger charge is -2.03. The Morgan fingerprint density at radius 2 is 2.20 bits per heavy atom. The summed E-state index contributed by atoms with van der Waals surface area (Å²) in [6, 6.07) is 0. The van der Waals surface area contributed by atoms with Crippen molar-refractivity contribution in [2.24, 2.45) is 0 Å². The monoisotopic (exact) mass is 223 g/mol. The van der Waals surface area contributed by atoms with Crippen LogP contribution >= 0.6 is 11.6 Å². The van der Waals surface area contributed by atoms with E-state index in [2.05, 4.69) is 30.7 Å². The van der Waals surface area contributed by atoms with E-state index in [1.54, 1.807) is 6.20 Å². The summed E-state index contributed by atoms with van der Waals surface area (Å²) in [6.45, 7) is 6.33. The molecule has 2 heterocycles. The van der Waals surface area contributed by atoms with Crippen molar-refractivity contribution in [1.29, 1.82) is 0 Å². The van der Waals surface area contributed by atoms with E-state index in [0.29, 0.717) is 11.1 Å². The van der Waals surface area contributed by atoms with Crippen molar-refractivity contribution >= 4 is 17.1 Å². The Labute approximate surface area is 94.1 Å². The van der Waals surface area contributed by atoms with Crippen molar-refractivity contribution in [3.05, 3.63) is 29.1 Å². The van der Waals surface area contributed by atoms with E-state index in [1.807, 2.05) is 10.6 Å². The Balaban J connectivity index is 2.81. The summed E-state index contributed by atoms with van der Waals surface area (Å²) in [7, 11) is 0. The lowest BCUT2D eigenvalue weighted by molar-refractivity contribution is 0.765. The normalized spacial score (nSPS) is 11.5. The minimum atomic E-state index is 0.385. The minimum Gasteiger partial charge on any atom is -0.299 e. The van der Waals surface area contributed by atoms with Gasteiger partial charge in [0.25, 0.3) is 0 Å². The number of rotatable bonds is 2. The molecule has 0 atom stereocenters. The molecule has 0 saturated heterocycles. The van der Waals surface area contributed by atoms with Crippen molar-refractivity contribution < 1.29 is 0 Å². The first-order valence-corrected chi connectivity index (χ1v) is 5.54. The molecule has 0 bridgehead atoms. The van der Waals surface area contributed by atoms with Crippen LogP contribution in [-0.2, 0) is 6.42 Å². The zero-order valence-electron chi connectivity index (χ0n) is 9.16. The largest absolute Gasteiger partial charge is 0.299 e. The van der Waals surface area contributed by atoms with Crippen LogP contribution in [0.5, 0.6) is 0 Å². The molecule has 0 spiro atoms. The number of fused-ring (bicyclic) bond motifs is 1. The highest BCUT2D eigenvalue weighted by Gasteiger charge is 2.14. The third-order valence-corrected chi connectivity index (χ3v) is 2.74. The summed E-state index contributed by atoms with van der Waals surface area (Å²) in [5.74, 6) is 1.43. The van der Waals surface area contributed by atoms with Crippen LogP contribution in [0.1, 0.15) is 38.2 Å². The maximum Gasteiger partial charge on any atom is 0.154 e. The van der Waals surface area contributed by atoms with Crippen LogP contribution in [0.15, 0.2) is 12.4 Å². The van der Waals surface area contributed by atoms with Gasteiger partial charge in [0, 0.05) is 18.3 Å². The predicted octanol–water partition coefficient (Wildman–Crippen LogP) is 3.07. The van der Waals surface area contributed by atoms with Gasteiger partial charge in [0.05, 0.1) is 5.69 Å². The molecule has 0 aliphatic heterocycles. The van der Waals surface area contributed by atoms with Crippen molar-refractivity contribution in [1.82, 2.24) is 14.4 Å². The fraction of sp³-hybridized carbons (Fsp3) is 0.455. The second-order valence-electron chi connectivity index (χ2n) is 3.86. The molecular formula is C11H14ClN3. The number of nitrogens with zero attached hydrogens (tertiary/aromatic N) is 3. The standard InChI is InChI=1S/C11H14ClN3/c1-4-8-9-10(12)13-5-6-15(9)11(14-8)7(2)3/h5-7H,4H2,1-3H3. The van der Waals surface area contributed by atoms with Crippen molar-refractivity contribution in [3.8, 4) is 0 Å². The highest BCUT2D eigenvalue weighted by atomic mass is 35.5. The number of halogens is 1. The first-order chi connectivity index (χ1) is 7.15. The van der Waals surface area contributed by atoms with E-state index in [9.17, 15) is 0 Å². The van der Waals surface area contributed by atoms with Gasteiger partial charge in [-0.2, -0.15) is 0 Å². The van der Waals surface area contributed by atoms with Gasteiger partial charge < -0.3 is 0 Å². The molecule has 0 saturated carbocycles. The quantitative estimate of drug-likeness (QED) is 0.783. The molecule has 2 aromatic heterocycles. The van der Waals surface area contributed by atoms with E-state index in [4.69, 9.17) is 11.6 Å². The molecule has 3 nitrogen and oxygen atoms in total. The highest BCUT2D eigenvalue weighted by molar-refractivity contribution is 6.32. The van der Waals surface area contributed by atoms with Crippen LogP contribution in [0.4, 0.5) is 0 Å². The van der Waals surface area contributed by atoms with Gasteiger partial charge in [-0.3, -0.25) is 4.40 Å². The van der Waals surface area contributed by atoms with Crippen LogP contribution in [-0.4, -0.2) is 14.4 Å². The smallest absolute Gasteiger partial charge is 0.154 e. The summed E-state index contributed by atoms with van der Waals surface area (Å²) in [5, 5.41) is 0.536. The van der Waals surface area contributed by atoms with E-state index < -0.39 is 0 Å². The highest BCUT2D eigenvalue weighted by Crippen LogP contribution is 2.24. The van der Waals surface area contributed by atoms with Crippen LogP contribution in [0, 0.1) is 0 Å². The Bertz CT molecular complexity index is 488. The van der Waals surface area contributed by atoms with Crippen molar-refractivity contribution in [2.75, 3.05) is 0 Å². The van der Waals surface area contributed by atoms with E-state index >= 15 is 0 Å². The van der Waals surface area contributed by atoms with E-state index in [-0.39, 0.29) is 0 Å². The number of aromatic nitrogens is 3. The maximum absolute atomic E-state index is 6.09. The van der Waals surface area contributed by atoms with Gasteiger partial charge in [-0.25, -0.2) is 9.97 Å². The molecule has 0 amide bonds. The molecule has 2 rings (SSSR count). The Morgan fingerprint density at radius 3 is 2.80 bits per heavy atom. The van der Waals surface area contributed by atoms with Crippen LogP contribution in [0.3, 0.4) is 0 Å². The van der Waals surface area contributed by atoms with Gasteiger partial charge >= 0.3 is 0 Å². The molecular weight excluding hydrogens is 210 g/mol. The Kier molecular flexibility index (Phi) is 2.65. The second-order valence-corrected chi connectivity index (χ2v) is 4.22. The average Bonchev–Trinajstić information content (AvgIpc) is 2.58. The zero-order valence-corrected chi connectivity index (χ0v) is 9.91. The topological polar surface area (TPSA) is 30.2 Å². The van der Waals surface area contributed by atoms with Crippen LogP contribution in [0.25, 0.3) is 5.52 Å². The zero-order chi connectivity index (χ0) is 11.0. The van der Waals surface area contributed by atoms with E-state index in [0.717, 1.165) is 23.5 Å². The summed E-state index contributed by atoms with van der Waals surface area (Å²) in [6.07, 6.45) is 4.51. The summed E-state index contributed by atoms with van der Waals surface area (Å²) >= 11 is 6.09. The maximum atomic E-state index is 6.09. The molecule has 15 heavy (non-hydrogen) atoms. The third-order valence-electron chi connectivity index (χ3n) is 2.46. The molecule has 0 aliphatic rings. The van der Waals surface area contributed by atoms with Gasteiger partial charge in [0.15, 0.2) is 5.15 Å². The molecule has 0 aliphatic carbocycles. The Morgan fingerprint density at radius 1 is 1.47 bits per heavy atom. The minimum absolute atomic E-state index is 0.385. The number of hydrogen-bond donors (Lipinski definition) is 0. The molecule has 0 radical (unpaired) electrons.